The summed E-state index contributed by atoms with van der Waals surface area (Å²) in [4.78, 5) is 13.0. The molecule has 2 unspecified atom stereocenters. The molecule has 32 heavy (non-hydrogen) atoms. The van der Waals surface area contributed by atoms with Gasteiger partial charge in [0.1, 0.15) is 0 Å². The monoisotopic (exact) mass is 433 g/mol. The van der Waals surface area contributed by atoms with Crippen molar-refractivity contribution in [1.82, 2.24) is 20.6 Å². The summed E-state index contributed by atoms with van der Waals surface area (Å²) in [5, 5.41) is 13.9. The maximum atomic E-state index is 13.0. The highest BCUT2D eigenvalue weighted by molar-refractivity contribution is 6.09. The van der Waals surface area contributed by atoms with Crippen LogP contribution < -0.4 is 15.2 Å². The zero-order chi connectivity index (χ0) is 22.6. The molecule has 2 aromatic carbocycles. The van der Waals surface area contributed by atoms with Gasteiger partial charge >= 0.3 is 0 Å². The fourth-order valence-electron chi connectivity index (χ4n) is 3.61. The number of nitrogens with one attached hydrogen (secondary N) is 1. The number of nitrogens with two attached hydrogens (primary N) is 1. The van der Waals surface area contributed by atoms with Crippen LogP contribution in [0.5, 0.6) is 11.5 Å². The van der Waals surface area contributed by atoms with Gasteiger partial charge in [0.25, 0.3) is 0 Å². The number of allylic oxidation sites excluding steroid dienone is 1. The summed E-state index contributed by atoms with van der Waals surface area (Å²) in [6.45, 7) is 3.90. The molecule has 0 bridgehead atoms. The van der Waals surface area contributed by atoms with E-state index in [0.29, 0.717) is 17.1 Å². The van der Waals surface area contributed by atoms with Crippen molar-refractivity contribution in [3.05, 3.63) is 71.1 Å². The Labute approximate surface area is 186 Å². The van der Waals surface area contributed by atoms with Crippen LogP contribution in [0.25, 0.3) is 6.08 Å². The van der Waals surface area contributed by atoms with Crippen LogP contribution in [0.15, 0.2) is 48.5 Å². The second kappa shape index (κ2) is 9.32. The topological polar surface area (TPSA) is 116 Å². The van der Waals surface area contributed by atoms with Crippen LogP contribution in [-0.2, 0) is 12.0 Å². The van der Waals surface area contributed by atoms with E-state index in [1.165, 1.54) is 30.9 Å². The van der Waals surface area contributed by atoms with Crippen LogP contribution in [0.4, 0.5) is 0 Å². The molecule has 0 fully saturated rings. The predicted molar refractivity (Wildman–Crippen MR) is 120 cm³/mol. The van der Waals surface area contributed by atoms with Crippen molar-refractivity contribution in [2.45, 2.75) is 51.4 Å². The molecule has 0 radical (unpaired) electrons. The molecule has 1 aliphatic rings. The molecule has 166 valence electrons. The minimum absolute atomic E-state index is 0.205. The SMILES string of the molecule is CCCCCc1ccc(C=CC(=O)c2cccc3c2OC(C)(c2nn[nH]n2)C(N)O3)cc1. The summed E-state index contributed by atoms with van der Waals surface area (Å²) < 4.78 is 12.0. The number of fused-ring (bicyclic) bond motifs is 1. The molecule has 0 saturated carbocycles. The zero-order valence-electron chi connectivity index (χ0n) is 18.2. The third-order valence-corrected chi connectivity index (χ3v) is 5.62. The lowest BCUT2D eigenvalue weighted by molar-refractivity contribution is -0.0628. The molecule has 3 aromatic rings. The average Bonchev–Trinajstić information content (AvgIpc) is 3.35. The van der Waals surface area contributed by atoms with Crippen LogP contribution in [0.3, 0.4) is 0 Å². The van der Waals surface area contributed by atoms with Gasteiger partial charge in [0.15, 0.2) is 23.5 Å². The molecule has 2 atom stereocenters. The van der Waals surface area contributed by atoms with Crippen LogP contribution in [0, 0.1) is 0 Å². The third-order valence-electron chi connectivity index (χ3n) is 5.62. The minimum Gasteiger partial charge on any atom is -0.469 e. The van der Waals surface area contributed by atoms with E-state index in [9.17, 15) is 4.79 Å². The van der Waals surface area contributed by atoms with Crippen LogP contribution in [0.2, 0.25) is 0 Å². The van der Waals surface area contributed by atoms with E-state index in [0.717, 1.165) is 12.0 Å². The number of unbranched alkanes of at least 4 members (excludes halogenated alkanes) is 2. The van der Waals surface area contributed by atoms with Gasteiger partial charge in [0, 0.05) is 0 Å². The van der Waals surface area contributed by atoms with E-state index in [-0.39, 0.29) is 11.6 Å². The van der Waals surface area contributed by atoms with Crippen molar-refractivity contribution in [2.75, 3.05) is 0 Å². The van der Waals surface area contributed by atoms with E-state index in [1.807, 2.05) is 12.1 Å². The van der Waals surface area contributed by atoms with Gasteiger partial charge in [-0.25, -0.2) is 0 Å². The second-order valence-corrected chi connectivity index (χ2v) is 8.01. The van der Waals surface area contributed by atoms with Crippen molar-refractivity contribution < 1.29 is 14.3 Å². The van der Waals surface area contributed by atoms with E-state index in [1.54, 1.807) is 31.2 Å². The normalized spacial score (nSPS) is 19.9. The number of benzene rings is 2. The zero-order valence-corrected chi connectivity index (χ0v) is 18.2. The number of aryl methyl sites for hydroxylation is 1. The van der Waals surface area contributed by atoms with Gasteiger partial charge in [-0.05, 0) is 49.1 Å². The number of carbonyl (C=O) groups is 1. The molecule has 8 nitrogen and oxygen atoms in total. The van der Waals surface area contributed by atoms with Gasteiger partial charge in [0.05, 0.1) is 5.56 Å². The number of H-pyrrole nitrogens is 1. The summed E-state index contributed by atoms with van der Waals surface area (Å²) in [6, 6.07) is 13.4. The highest BCUT2D eigenvalue weighted by Gasteiger charge is 2.47. The Morgan fingerprint density at radius 2 is 2.03 bits per heavy atom. The Hall–Kier alpha value is -3.52. The number of ether oxygens (including phenoxy) is 2. The molecule has 4 rings (SSSR count). The maximum Gasteiger partial charge on any atom is 0.223 e. The molecule has 0 spiro atoms. The Kier molecular flexibility index (Phi) is 6.32. The fourth-order valence-corrected chi connectivity index (χ4v) is 3.61. The van der Waals surface area contributed by atoms with Crippen molar-refractivity contribution in [3.63, 3.8) is 0 Å². The molecule has 0 saturated heterocycles. The third kappa shape index (κ3) is 4.40. The molecular formula is C24H27N5O3. The molecule has 0 aliphatic carbocycles. The number of tetrazole rings is 1. The molecule has 2 heterocycles. The first-order chi connectivity index (χ1) is 15.5. The predicted octanol–water partition coefficient (Wildman–Crippen LogP) is 3.80. The van der Waals surface area contributed by atoms with Crippen molar-refractivity contribution in [1.29, 1.82) is 0 Å². The van der Waals surface area contributed by atoms with Gasteiger partial charge in [0.2, 0.25) is 11.4 Å². The van der Waals surface area contributed by atoms with Gasteiger partial charge in [-0.3, -0.25) is 10.5 Å². The number of carbonyl (C=O) groups excluding carboxylic acids is 1. The quantitative estimate of drug-likeness (QED) is 0.315. The maximum absolute atomic E-state index is 13.0. The minimum atomic E-state index is -1.20. The molecule has 1 aromatic heterocycles. The number of hydrogen-bond donors (Lipinski definition) is 2. The average molecular weight is 434 g/mol. The van der Waals surface area contributed by atoms with E-state index in [2.05, 4.69) is 39.7 Å². The number of nitrogens with zero attached hydrogens (tertiary/aromatic N) is 3. The summed E-state index contributed by atoms with van der Waals surface area (Å²) in [5.41, 5.74) is 7.60. The van der Waals surface area contributed by atoms with Crippen LogP contribution >= 0.6 is 0 Å². The first-order valence-corrected chi connectivity index (χ1v) is 10.8. The number of aromatic amines is 1. The van der Waals surface area contributed by atoms with E-state index < -0.39 is 11.8 Å². The smallest absolute Gasteiger partial charge is 0.223 e. The van der Waals surface area contributed by atoms with E-state index in [4.69, 9.17) is 15.2 Å². The first-order valence-electron chi connectivity index (χ1n) is 10.8. The van der Waals surface area contributed by atoms with Crippen molar-refractivity contribution >= 4 is 11.9 Å². The number of rotatable bonds is 8. The molecule has 8 heteroatoms. The van der Waals surface area contributed by atoms with E-state index >= 15 is 0 Å². The lowest BCUT2D eigenvalue weighted by Gasteiger charge is -2.38. The summed E-state index contributed by atoms with van der Waals surface area (Å²) in [6.07, 6.45) is 7.17. The number of aromatic nitrogens is 4. The lowest BCUT2D eigenvalue weighted by Crippen LogP contribution is -2.54. The second-order valence-electron chi connectivity index (χ2n) is 8.01. The Bertz CT molecular complexity index is 1100. The van der Waals surface area contributed by atoms with Gasteiger partial charge in [-0.2, -0.15) is 5.21 Å². The number of para-hydroxylation sites is 1. The highest BCUT2D eigenvalue weighted by atomic mass is 16.6. The molecule has 1 aliphatic heterocycles. The largest absolute Gasteiger partial charge is 0.469 e. The fraction of sp³-hybridized carbons (Fsp3) is 0.333. The number of ketones is 1. The summed E-state index contributed by atoms with van der Waals surface area (Å²) in [7, 11) is 0. The Morgan fingerprint density at radius 3 is 2.75 bits per heavy atom. The summed E-state index contributed by atoms with van der Waals surface area (Å²) >= 11 is 0. The standard InChI is InChI=1S/C24H27N5O3/c1-3-4-5-7-16-10-12-17(13-11-16)14-15-19(30)18-8-6-9-20-21(18)32-24(2,22(25)31-20)23-26-28-29-27-23/h6,8-15,22H,3-5,7,25H2,1-2H3,(H,26,27,28,29). The van der Waals surface area contributed by atoms with Crippen molar-refractivity contribution in [3.8, 4) is 11.5 Å². The molecule has 3 N–H and O–H groups in total. The molecular weight excluding hydrogens is 406 g/mol. The summed E-state index contributed by atoms with van der Waals surface area (Å²) in [5.74, 6) is 0.743. The van der Waals surface area contributed by atoms with Gasteiger partial charge in [-0.1, -0.05) is 61.4 Å². The van der Waals surface area contributed by atoms with Crippen molar-refractivity contribution in [2.24, 2.45) is 5.73 Å². The number of hydrogen-bond acceptors (Lipinski definition) is 7. The highest BCUT2D eigenvalue weighted by Crippen LogP contribution is 2.43. The Balaban J connectivity index is 1.53. The van der Waals surface area contributed by atoms with Gasteiger partial charge in [-0.15, -0.1) is 10.2 Å². The molecule has 0 amide bonds. The van der Waals surface area contributed by atoms with Crippen LogP contribution in [0.1, 0.15) is 60.4 Å². The van der Waals surface area contributed by atoms with Gasteiger partial charge < -0.3 is 9.47 Å². The first kappa shape index (κ1) is 21.7. The Morgan fingerprint density at radius 1 is 1.22 bits per heavy atom. The van der Waals surface area contributed by atoms with Crippen LogP contribution in [-0.4, -0.2) is 32.6 Å². The lowest BCUT2D eigenvalue weighted by atomic mass is 10.00.